The standard InChI is InChI=1S/C25H26ClN3O2S/c1-16-22(23(17-9-14-32-15-17)24-20(27-16)3-2-4-21(24)30)25(31)29-12-10-28(11-13-29)19-7-5-18(26)6-8-19/h5-9,14-15,23,27H,2-4,10-13H2,1H3. The van der Waals surface area contributed by atoms with Gasteiger partial charge in [-0.25, -0.2) is 0 Å². The van der Waals surface area contributed by atoms with Gasteiger partial charge in [0.05, 0.1) is 0 Å². The molecule has 1 aromatic carbocycles. The van der Waals surface area contributed by atoms with E-state index in [1.807, 2.05) is 47.5 Å². The number of allylic oxidation sites excluding steroid dienone is 3. The van der Waals surface area contributed by atoms with Gasteiger partial charge in [-0.2, -0.15) is 11.3 Å². The summed E-state index contributed by atoms with van der Waals surface area (Å²) in [6.45, 7) is 4.80. The Kier molecular flexibility index (Phi) is 5.82. The largest absolute Gasteiger partial charge is 0.368 e. The van der Waals surface area contributed by atoms with Crippen molar-refractivity contribution in [2.24, 2.45) is 0 Å². The third-order valence-corrected chi connectivity index (χ3v) is 7.59. The number of Topliss-reactive ketones (excluding diaryl/α,β-unsaturated/α-hetero) is 1. The molecule has 32 heavy (non-hydrogen) atoms. The minimum Gasteiger partial charge on any atom is -0.368 e. The van der Waals surface area contributed by atoms with Crippen molar-refractivity contribution in [3.8, 4) is 0 Å². The van der Waals surface area contributed by atoms with Crippen LogP contribution in [0.15, 0.2) is 63.6 Å². The SMILES string of the molecule is CC1=C(C(=O)N2CCN(c3ccc(Cl)cc3)CC2)C(c2ccsc2)C2=C(CCCC2=O)N1. The first-order chi connectivity index (χ1) is 15.5. The summed E-state index contributed by atoms with van der Waals surface area (Å²) in [4.78, 5) is 31.0. The van der Waals surface area contributed by atoms with Crippen molar-refractivity contribution < 1.29 is 9.59 Å². The Labute approximate surface area is 197 Å². The first-order valence-corrected chi connectivity index (χ1v) is 12.4. The van der Waals surface area contributed by atoms with Crippen LogP contribution in [0.2, 0.25) is 5.02 Å². The number of carbonyl (C=O) groups is 2. The van der Waals surface area contributed by atoms with Crippen LogP contribution in [0.4, 0.5) is 5.69 Å². The predicted molar refractivity (Wildman–Crippen MR) is 129 cm³/mol. The Morgan fingerprint density at radius 2 is 1.84 bits per heavy atom. The zero-order valence-corrected chi connectivity index (χ0v) is 19.6. The minimum absolute atomic E-state index is 0.0341. The smallest absolute Gasteiger partial charge is 0.252 e. The summed E-state index contributed by atoms with van der Waals surface area (Å²) < 4.78 is 0. The number of halogens is 1. The highest BCUT2D eigenvalue weighted by molar-refractivity contribution is 7.08. The van der Waals surface area contributed by atoms with Crippen molar-refractivity contribution in [3.05, 3.63) is 74.2 Å². The van der Waals surface area contributed by atoms with E-state index in [0.29, 0.717) is 19.5 Å². The van der Waals surface area contributed by atoms with Gasteiger partial charge >= 0.3 is 0 Å². The van der Waals surface area contributed by atoms with Crippen molar-refractivity contribution in [1.29, 1.82) is 0 Å². The molecule has 0 radical (unpaired) electrons. The topological polar surface area (TPSA) is 52.7 Å². The van der Waals surface area contributed by atoms with Gasteiger partial charge in [-0.1, -0.05) is 11.6 Å². The summed E-state index contributed by atoms with van der Waals surface area (Å²) in [5.41, 5.74) is 5.55. The number of anilines is 1. The molecule has 1 atom stereocenters. The van der Waals surface area contributed by atoms with Gasteiger partial charge in [0.1, 0.15) is 0 Å². The summed E-state index contributed by atoms with van der Waals surface area (Å²) in [7, 11) is 0. The molecule has 3 aliphatic rings. The highest BCUT2D eigenvalue weighted by Crippen LogP contribution is 2.43. The van der Waals surface area contributed by atoms with Crippen LogP contribution in [0.5, 0.6) is 0 Å². The van der Waals surface area contributed by atoms with Gasteiger partial charge in [-0.05, 0) is 66.4 Å². The van der Waals surface area contributed by atoms with Gasteiger partial charge < -0.3 is 15.1 Å². The van der Waals surface area contributed by atoms with Gasteiger partial charge in [0.15, 0.2) is 5.78 Å². The average Bonchev–Trinajstić information content (AvgIpc) is 3.33. The first kappa shape index (κ1) is 21.3. The molecule has 0 spiro atoms. The maximum Gasteiger partial charge on any atom is 0.252 e. The fourth-order valence-electron chi connectivity index (χ4n) is 5.03. The zero-order valence-electron chi connectivity index (χ0n) is 18.1. The normalized spacial score (nSPS) is 21.6. The van der Waals surface area contributed by atoms with Gasteiger partial charge in [0, 0.05) is 71.8 Å². The second-order valence-electron chi connectivity index (χ2n) is 8.58. The Bertz CT molecular complexity index is 1100. The van der Waals surface area contributed by atoms with E-state index in [2.05, 4.69) is 15.6 Å². The number of hydrogen-bond acceptors (Lipinski definition) is 5. The molecule has 0 bridgehead atoms. The molecule has 1 amide bonds. The molecule has 166 valence electrons. The number of hydrogen-bond donors (Lipinski definition) is 1. The van der Waals surface area contributed by atoms with Gasteiger partial charge in [-0.15, -0.1) is 0 Å². The second-order valence-corrected chi connectivity index (χ2v) is 9.79. The maximum absolute atomic E-state index is 13.8. The molecule has 1 fully saturated rings. The lowest BCUT2D eigenvalue weighted by Gasteiger charge is -2.39. The van der Waals surface area contributed by atoms with Crippen LogP contribution in [-0.2, 0) is 9.59 Å². The quantitative estimate of drug-likeness (QED) is 0.709. The number of nitrogens with zero attached hydrogens (tertiary/aromatic N) is 2. The van der Waals surface area contributed by atoms with Crippen molar-refractivity contribution >= 4 is 40.3 Å². The lowest BCUT2D eigenvalue weighted by molar-refractivity contribution is -0.127. The molecule has 2 aliphatic heterocycles. The summed E-state index contributed by atoms with van der Waals surface area (Å²) in [6, 6.07) is 9.88. The van der Waals surface area contributed by atoms with Crippen LogP contribution < -0.4 is 10.2 Å². The number of nitrogens with one attached hydrogen (secondary N) is 1. The molecule has 1 saturated heterocycles. The molecule has 5 nitrogen and oxygen atoms in total. The van der Waals surface area contributed by atoms with Crippen molar-refractivity contribution in [3.63, 3.8) is 0 Å². The fraction of sp³-hybridized carbons (Fsp3) is 0.360. The lowest BCUT2D eigenvalue weighted by atomic mass is 9.75. The van der Waals surface area contributed by atoms with E-state index in [4.69, 9.17) is 11.6 Å². The Balaban J connectivity index is 1.40. The van der Waals surface area contributed by atoms with Crippen molar-refractivity contribution in [2.45, 2.75) is 32.1 Å². The maximum atomic E-state index is 13.8. The van der Waals surface area contributed by atoms with Crippen LogP contribution in [0.1, 0.15) is 37.7 Å². The predicted octanol–water partition coefficient (Wildman–Crippen LogP) is 4.72. The van der Waals surface area contributed by atoms with Crippen molar-refractivity contribution in [1.82, 2.24) is 10.2 Å². The number of thiophene rings is 1. The van der Waals surface area contributed by atoms with Gasteiger partial charge in [-0.3, -0.25) is 9.59 Å². The Morgan fingerprint density at radius 3 is 2.53 bits per heavy atom. The summed E-state index contributed by atoms with van der Waals surface area (Å²) in [5, 5.41) is 8.24. The van der Waals surface area contributed by atoms with Gasteiger partial charge in [0.25, 0.3) is 5.91 Å². The van der Waals surface area contributed by atoms with Crippen molar-refractivity contribution in [2.75, 3.05) is 31.1 Å². The van der Waals surface area contributed by atoms with E-state index in [-0.39, 0.29) is 17.6 Å². The number of dihydropyridines is 1. The third-order valence-electron chi connectivity index (χ3n) is 6.64. The average molecular weight is 468 g/mol. The van der Waals surface area contributed by atoms with Crippen LogP contribution in [-0.4, -0.2) is 42.8 Å². The monoisotopic (exact) mass is 467 g/mol. The first-order valence-electron chi connectivity index (χ1n) is 11.1. The lowest BCUT2D eigenvalue weighted by Crippen LogP contribution is -2.50. The molecule has 7 heteroatoms. The van der Waals surface area contributed by atoms with Gasteiger partial charge in [0.2, 0.25) is 0 Å². The number of amides is 1. The van der Waals surface area contributed by atoms with Crippen LogP contribution in [0, 0.1) is 0 Å². The molecule has 1 N–H and O–H groups in total. The number of rotatable bonds is 3. The highest BCUT2D eigenvalue weighted by atomic mass is 35.5. The van der Waals surface area contributed by atoms with E-state index in [1.54, 1.807) is 11.3 Å². The molecular weight excluding hydrogens is 442 g/mol. The zero-order chi connectivity index (χ0) is 22.2. The number of benzene rings is 1. The van der Waals surface area contributed by atoms with E-state index in [0.717, 1.165) is 64.7 Å². The molecule has 1 unspecified atom stereocenters. The number of piperazine rings is 1. The molecular formula is C25H26ClN3O2S. The minimum atomic E-state index is -0.271. The van der Waals surface area contributed by atoms with Crippen LogP contribution in [0.3, 0.4) is 0 Å². The molecule has 0 saturated carbocycles. The second kappa shape index (κ2) is 8.75. The summed E-state index contributed by atoms with van der Waals surface area (Å²) in [6.07, 6.45) is 2.28. The third kappa shape index (κ3) is 3.86. The highest BCUT2D eigenvalue weighted by Gasteiger charge is 2.40. The molecule has 1 aromatic heterocycles. The Morgan fingerprint density at radius 1 is 1.09 bits per heavy atom. The molecule has 3 heterocycles. The Hall–Kier alpha value is -2.57. The molecule has 5 rings (SSSR count). The molecule has 1 aliphatic carbocycles. The number of carbonyl (C=O) groups excluding carboxylic acids is 2. The molecule has 2 aromatic rings. The van der Waals surface area contributed by atoms with E-state index in [1.165, 1.54) is 0 Å². The number of ketones is 1. The van der Waals surface area contributed by atoms with E-state index >= 15 is 0 Å². The van der Waals surface area contributed by atoms with E-state index in [9.17, 15) is 9.59 Å². The fourth-order valence-corrected chi connectivity index (χ4v) is 5.84. The van der Waals surface area contributed by atoms with Crippen LogP contribution in [0.25, 0.3) is 0 Å². The van der Waals surface area contributed by atoms with Crippen LogP contribution >= 0.6 is 22.9 Å². The van der Waals surface area contributed by atoms with E-state index < -0.39 is 0 Å². The summed E-state index contributed by atoms with van der Waals surface area (Å²) >= 11 is 7.63. The summed E-state index contributed by atoms with van der Waals surface area (Å²) in [5.74, 6) is -0.0701.